The lowest BCUT2D eigenvalue weighted by atomic mass is 9.88. The molecule has 17 heavy (non-hydrogen) atoms. The van der Waals surface area contributed by atoms with Gasteiger partial charge in [-0.25, -0.2) is 4.98 Å². The third-order valence-corrected chi connectivity index (χ3v) is 3.80. The lowest BCUT2D eigenvalue weighted by molar-refractivity contribution is 0.139. The molecule has 3 nitrogen and oxygen atoms in total. The number of methoxy groups -OCH3 is 1. The molecular formula is C13H16BrNO2. The molecule has 1 aliphatic carbocycles. The molecule has 1 heterocycles. The van der Waals surface area contributed by atoms with Crippen LogP contribution in [-0.2, 0) is 6.42 Å². The molecule has 0 unspecified atom stereocenters. The van der Waals surface area contributed by atoms with Gasteiger partial charge >= 0.3 is 0 Å². The normalized spacial score (nSPS) is 23.7. The van der Waals surface area contributed by atoms with E-state index in [0.29, 0.717) is 5.88 Å². The number of halogens is 1. The Labute approximate surface area is 110 Å². The average Bonchev–Trinajstić information content (AvgIpc) is 2.35. The summed E-state index contributed by atoms with van der Waals surface area (Å²) in [6, 6.07) is 3.76. The van der Waals surface area contributed by atoms with E-state index in [4.69, 9.17) is 4.74 Å². The van der Waals surface area contributed by atoms with Gasteiger partial charge in [-0.3, -0.25) is 0 Å². The molecule has 0 saturated carbocycles. The van der Waals surface area contributed by atoms with Crippen LogP contribution in [0.25, 0.3) is 0 Å². The predicted molar refractivity (Wildman–Crippen MR) is 70.1 cm³/mol. The number of allylic oxidation sites excluding steroid dienone is 1. The molecule has 92 valence electrons. The zero-order valence-corrected chi connectivity index (χ0v) is 11.4. The van der Waals surface area contributed by atoms with Crippen molar-refractivity contribution in [3.63, 3.8) is 0 Å². The van der Waals surface area contributed by atoms with Crippen LogP contribution in [0.4, 0.5) is 0 Å². The van der Waals surface area contributed by atoms with Gasteiger partial charge in [-0.1, -0.05) is 12.2 Å². The van der Waals surface area contributed by atoms with E-state index in [2.05, 4.69) is 20.9 Å². The fourth-order valence-corrected chi connectivity index (χ4v) is 2.45. The Balaban J connectivity index is 2.14. The van der Waals surface area contributed by atoms with Crippen LogP contribution >= 0.6 is 15.9 Å². The van der Waals surface area contributed by atoms with Gasteiger partial charge in [-0.15, -0.1) is 0 Å². The summed E-state index contributed by atoms with van der Waals surface area (Å²) in [4.78, 5) is 4.42. The maximum absolute atomic E-state index is 9.89. The van der Waals surface area contributed by atoms with E-state index in [1.165, 1.54) is 0 Å². The molecule has 2 rings (SSSR count). The van der Waals surface area contributed by atoms with Crippen molar-refractivity contribution >= 4 is 15.9 Å². The third-order valence-electron chi connectivity index (χ3n) is 3.08. The van der Waals surface area contributed by atoms with Crippen LogP contribution in [0, 0.1) is 5.92 Å². The highest BCUT2D eigenvalue weighted by molar-refractivity contribution is 9.10. The second-order valence-corrected chi connectivity index (χ2v) is 5.10. The zero-order valence-electron chi connectivity index (χ0n) is 9.77. The van der Waals surface area contributed by atoms with E-state index < -0.39 is 0 Å². The molecule has 0 saturated heterocycles. The SMILES string of the molecule is COc1ccc(Br)c(C[C@@H]2CCC=C[C@@H]2O)n1. The number of aliphatic hydroxyl groups is 1. The Morgan fingerprint density at radius 2 is 2.35 bits per heavy atom. The molecule has 0 bridgehead atoms. The highest BCUT2D eigenvalue weighted by Gasteiger charge is 2.21. The van der Waals surface area contributed by atoms with Crippen LogP contribution in [0.3, 0.4) is 0 Å². The summed E-state index contributed by atoms with van der Waals surface area (Å²) in [5.41, 5.74) is 0.948. The van der Waals surface area contributed by atoms with Crippen molar-refractivity contribution in [3.05, 3.63) is 34.5 Å². The minimum atomic E-state index is -0.358. The molecule has 0 aliphatic heterocycles. The number of ether oxygens (including phenoxy) is 1. The molecule has 1 aromatic heterocycles. The summed E-state index contributed by atoms with van der Waals surface area (Å²) in [5.74, 6) is 0.861. The second kappa shape index (κ2) is 5.65. The van der Waals surface area contributed by atoms with Gasteiger partial charge in [0.2, 0.25) is 5.88 Å². The van der Waals surface area contributed by atoms with E-state index in [1.54, 1.807) is 7.11 Å². The number of hydrogen-bond donors (Lipinski definition) is 1. The van der Waals surface area contributed by atoms with Crippen molar-refractivity contribution in [2.45, 2.75) is 25.4 Å². The molecule has 0 spiro atoms. The van der Waals surface area contributed by atoms with Crippen molar-refractivity contribution in [3.8, 4) is 5.88 Å². The van der Waals surface area contributed by atoms with Crippen LogP contribution in [-0.4, -0.2) is 23.3 Å². The summed E-state index contributed by atoms with van der Waals surface area (Å²) in [6.45, 7) is 0. The summed E-state index contributed by atoms with van der Waals surface area (Å²) in [6.07, 6.45) is 6.36. The third kappa shape index (κ3) is 3.07. The first-order chi connectivity index (χ1) is 8.20. The topological polar surface area (TPSA) is 42.4 Å². The molecule has 1 N–H and O–H groups in total. The monoisotopic (exact) mass is 297 g/mol. The molecule has 1 aliphatic rings. The zero-order chi connectivity index (χ0) is 12.3. The minimum Gasteiger partial charge on any atom is -0.481 e. The molecule has 2 atom stereocenters. The van der Waals surface area contributed by atoms with Crippen LogP contribution in [0.1, 0.15) is 18.5 Å². The van der Waals surface area contributed by atoms with Crippen LogP contribution in [0.5, 0.6) is 5.88 Å². The number of hydrogen-bond acceptors (Lipinski definition) is 3. The first-order valence-electron chi connectivity index (χ1n) is 5.75. The van der Waals surface area contributed by atoms with E-state index in [0.717, 1.165) is 29.4 Å². The minimum absolute atomic E-state index is 0.246. The average molecular weight is 298 g/mol. The first-order valence-corrected chi connectivity index (χ1v) is 6.54. The van der Waals surface area contributed by atoms with Crippen molar-refractivity contribution in [2.24, 2.45) is 5.92 Å². The molecule has 0 radical (unpaired) electrons. The second-order valence-electron chi connectivity index (χ2n) is 4.24. The summed E-state index contributed by atoms with van der Waals surface area (Å²) >= 11 is 3.49. The molecule has 0 aromatic carbocycles. The summed E-state index contributed by atoms with van der Waals surface area (Å²) in [5, 5.41) is 9.89. The fourth-order valence-electron chi connectivity index (χ4n) is 2.07. The van der Waals surface area contributed by atoms with Crippen molar-refractivity contribution < 1.29 is 9.84 Å². The Morgan fingerprint density at radius 3 is 3.06 bits per heavy atom. The van der Waals surface area contributed by atoms with Gasteiger partial charge in [-0.2, -0.15) is 0 Å². The summed E-state index contributed by atoms with van der Waals surface area (Å²) in [7, 11) is 1.61. The maximum atomic E-state index is 9.89. The number of aromatic nitrogens is 1. The molecular weight excluding hydrogens is 282 g/mol. The number of nitrogens with zero attached hydrogens (tertiary/aromatic N) is 1. The number of aliphatic hydroxyl groups excluding tert-OH is 1. The molecule has 0 fully saturated rings. The largest absolute Gasteiger partial charge is 0.481 e. The van der Waals surface area contributed by atoms with Crippen LogP contribution in [0.2, 0.25) is 0 Å². The van der Waals surface area contributed by atoms with Crippen LogP contribution < -0.4 is 4.74 Å². The predicted octanol–water partition coefficient (Wildman–Crippen LogP) is 2.72. The van der Waals surface area contributed by atoms with E-state index in [-0.39, 0.29) is 12.0 Å². The lowest BCUT2D eigenvalue weighted by Gasteiger charge is -2.23. The molecule has 0 amide bonds. The number of pyridine rings is 1. The van der Waals surface area contributed by atoms with E-state index in [9.17, 15) is 5.11 Å². The van der Waals surface area contributed by atoms with Gasteiger partial charge in [-0.05, 0) is 47.2 Å². The Kier molecular flexibility index (Phi) is 4.18. The van der Waals surface area contributed by atoms with Gasteiger partial charge in [0, 0.05) is 10.5 Å². The highest BCUT2D eigenvalue weighted by atomic mass is 79.9. The fraction of sp³-hybridized carbons (Fsp3) is 0.462. The Bertz CT molecular complexity index is 420. The van der Waals surface area contributed by atoms with Crippen molar-refractivity contribution in [1.82, 2.24) is 4.98 Å². The van der Waals surface area contributed by atoms with Gasteiger partial charge < -0.3 is 9.84 Å². The lowest BCUT2D eigenvalue weighted by Crippen LogP contribution is -2.23. The number of rotatable bonds is 3. The summed E-state index contributed by atoms with van der Waals surface area (Å²) < 4.78 is 6.09. The van der Waals surface area contributed by atoms with Gasteiger partial charge in [0.15, 0.2) is 0 Å². The van der Waals surface area contributed by atoms with Gasteiger partial charge in [0.25, 0.3) is 0 Å². The van der Waals surface area contributed by atoms with Crippen LogP contribution in [0.15, 0.2) is 28.8 Å². The first kappa shape index (κ1) is 12.6. The highest BCUT2D eigenvalue weighted by Crippen LogP contribution is 2.27. The van der Waals surface area contributed by atoms with Gasteiger partial charge in [0.05, 0.1) is 18.9 Å². The molecule has 1 aromatic rings. The molecule has 4 heteroatoms. The Hall–Kier alpha value is -0.870. The Morgan fingerprint density at radius 1 is 1.53 bits per heavy atom. The standard InChI is InChI=1S/C13H16BrNO2/c1-17-13-7-6-10(14)11(15-13)8-9-4-2-3-5-12(9)16/h3,5-7,9,12,16H,2,4,8H2,1H3/t9-,12-/m0/s1. The quantitative estimate of drug-likeness (QED) is 0.873. The maximum Gasteiger partial charge on any atom is 0.213 e. The van der Waals surface area contributed by atoms with Gasteiger partial charge in [0.1, 0.15) is 0 Å². The van der Waals surface area contributed by atoms with Crippen molar-refractivity contribution in [1.29, 1.82) is 0 Å². The smallest absolute Gasteiger partial charge is 0.213 e. The van der Waals surface area contributed by atoms with E-state index in [1.807, 2.05) is 24.3 Å². The van der Waals surface area contributed by atoms with Crippen molar-refractivity contribution in [2.75, 3.05) is 7.11 Å². The van der Waals surface area contributed by atoms with E-state index >= 15 is 0 Å².